The zero-order valence-electron chi connectivity index (χ0n) is 12.8. The van der Waals surface area contributed by atoms with E-state index in [2.05, 4.69) is 17.4 Å². The van der Waals surface area contributed by atoms with Crippen molar-refractivity contribution in [3.8, 4) is 11.1 Å². The number of ether oxygens (including phenoxy) is 1. The standard InChI is InChI=1S/C19H21NO2/c1-14(18-8-5-13-22-18)20-19(21)17-11-9-16(10-12-17)15-6-3-2-4-7-15/h2-4,6-7,9-12,14,18H,5,8,13H2,1H3,(H,20,21). The largest absolute Gasteiger partial charge is 0.376 e. The summed E-state index contributed by atoms with van der Waals surface area (Å²) in [4.78, 5) is 12.3. The van der Waals surface area contributed by atoms with E-state index in [1.165, 1.54) is 0 Å². The molecule has 1 N–H and O–H groups in total. The molecule has 1 fully saturated rings. The quantitative estimate of drug-likeness (QED) is 0.935. The summed E-state index contributed by atoms with van der Waals surface area (Å²) < 4.78 is 5.61. The molecule has 2 aromatic carbocycles. The Balaban J connectivity index is 1.66. The van der Waals surface area contributed by atoms with E-state index < -0.39 is 0 Å². The summed E-state index contributed by atoms with van der Waals surface area (Å²) in [5.41, 5.74) is 2.95. The van der Waals surface area contributed by atoms with E-state index in [0.717, 1.165) is 30.6 Å². The van der Waals surface area contributed by atoms with Crippen molar-refractivity contribution in [2.75, 3.05) is 6.61 Å². The van der Waals surface area contributed by atoms with Gasteiger partial charge in [-0.05, 0) is 43.0 Å². The fourth-order valence-electron chi connectivity index (χ4n) is 2.82. The molecule has 0 aromatic heterocycles. The van der Waals surface area contributed by atoms with Gasteiger partial charge in [0, 0.05) is 12.2 Å². The van der Waals surface area contributed by atoms with Gasteiger partial charge in [0.1, 0.15) is 0 Å². The van der Waals surface area contributed by atoms with Crippen LogP contribution in [0.1, 0.15) is 30.1 Å². The number of carbonyl (C=O) groups is 1. The highest BCUT2D eigenvalue weighted by Gasteiger charge is 2.23. The highest BCUT2D eigenvalue weighted by molar-refractivity contribution is 5.94. The van der Waals surface area contributed by atoms with Crippen LogP contribution >= 0.6 is 0 Å². The number of hydrogen-bond acceptors (Lipinski definition) is 2. The number of amides is 1. The molecule has 2 atom stereocenters. The predicted molar refractivity (Wildman–Crippen MR) is 87.8 cm³/mol. The molecule has 1 heterocycles. The Kier molecular flexibility index (Phi) is 4.54. The molecule has 1 aliphatic heterocycles. The average molecular weight is 295 g/mol. The lowest BCUT2D eigenvalue weighted by Gasteiger charge is -2.20. The molecular formula is C19H21NO2. The highest BCUT2D eigenvalue weighted by atomic mass is 16.5. The first-order valence-electron chi connectivity index (χ1n) is 7.82. The molecule has 0 saturated carbocycles. The average Bonchev–Trinajstić information content (AvgIpc) is 3.10. The summed E-state index contributed by atoms with van der Waals surface area (Å²) in [6, 6.07) is 17.9. The van der Waals surface area contributed by atoms with Crippen LogP contribution in [-0.2, 0) is 4.74 Å². The molecule has 1 aliphatic rings. The van der Waals surface area contributed by atoms with Gasteiger partial charge in [0.15, 0.2) is 0 Å². The highest BCUT2D eigenvalue weighted by Crippen LogP contribution is 2.20. The maximum atomic E-state index is 12.3. The lowest BCUT2D eigenvalue weighted by molar-refractivity contribution is 0.0712. The molecule has 0 aliphatic carbocycles. The van der Waals surface area contributed by atoms with Gasteiger partial charge in [0.2, 0.25) is 0 Å². The van der Waals surface area contributed by atoms with Crippen LogP contribution in [0.4, 0.5) is 0 Å². The Morgan fingerprint density at radius 2 is 1.77 bits per heavy atom. The topological polar surface area (TPSA) is 38.3 Å². The van der Waals surface area contributed by atoms with Crippen molar-refractivity contribution in [1.82, 2.24) is 5.32 Å². The smallest absolute Gasteiger partial charge is 0.251 e. The molecule has 0 spiro atoms. The Morgan fingerprint density at radius 3 is 2.41 bits per heavy atom. The predicted octanol–water partition coefficient (Wildman–Crippen LogP) is 3.65. The molecule has 2 aromatic rings. The Bertz CT molecular complexity index is 616. The Morgan fingerprint density at radius 1 is 1.09 bits per heavy atom. The van der Waals surface area contributed by atoms with Crippen molar-refractivity contribution in [3.05, 3.63) is 60.2 Å². The molecule has 2 unspecified atom stereocenters. The van der Waals surface area contributed by atoms with Gasteiger partial charge < -0.3 is 10.1 Å². The van der Waals surface area contributed by atoms with Crippen LogP contribution in [0.2, 0.25) is 0 Å². The SMILES string of the molecule is CC(NC(=O)c1ccc(-c2ccccc2)cc1)C1CCCO1. The van der Waals surface area contributed by atoms with E-state index in [1.807, 2.05) is 49.4 Å². The van der Waals surface area contributed by atoms with Crippen LogP contribution in [0.5, 0.6) is 0 Å². The normalized spacial score (nSPS) is 18.9. The van der Waals surface area contributed by atoms with Crippen LogP contribution in [0.25, 0.3) is 11.1 Å². The molecule has 3 rings (SSSR count). The van der Waals surface area contributed by atoms with Gasteiger partial charge in [-0.1, -0.05) is 42.5 Å². The van der Waals surface area contributed by atoms with Gasteiger partial charge in [-0.25, -0.2) is 0 Å². The van der Waals surface area contributed by atoms with Gasteiger partial charge in [-0.2, -0.15) is 0 Å². The second-order valence-electron chi connectivity index (χ2n) is 5.76. The van der Waals surface area contributed by atoms with Crippen LogP contribution in [0.15, 0.2) is 54.6 Å². The third kappa shape index (κ3) is 3.37. The molecule has 1 amide bonds. The number of nitrogens with one attached hydrogen (secondary N) is 1. The van der Waals surface area contributed by atoms with Crippen molar-refractivity contribution in [2.24, 2.45) is 0 Å². The Hall–Kier alpha value is -2.13. The summed E-state index contributed by atoms with van der Waals surface area (Å²) in [5, 5.41) is 3.03. The molecule has 3 nitrogen and oxygen atoms in total. The van der Waals surface area contributed by atoms with E-state index in [-0.39, 0.29) is 18.1 Å². The van der Waals surface area contributed by atoms with E-state index in [4.69, 9.17) is 4.74 Å². The fraction of sp³-hybridized carbons (Fsp3) is 0.316. The zero-order valence-corrected chi connectivity index (χ0v) is 12.8. The molecular weight excluding hydrogens is 274 g/mol. The van der Waals surface area contributed by atoms with E-state index in [1.54, 1.807) is 0 Å². The van der Waals surface area contributed by atoms with Gasteiger partial charge in [-0.3, -0.25) is 4.79 Å². The minimum Gasteiger partial charge on any atom is -0.376 e. The molecule has 22 heavy (non-hydrogen) atoms. The zero-order chi connectivity index (χ0) is 15.4. The molecule has 114 valence electrons. The summed E-state index contributed by atoms with van der Waals surface area (Å²) in [6.45, 7) is 2.81. The van der Waals surface area contributed by atoms with Gasteiger partial charge >= 0.3 is 0 Å². The third-order valence-corrected chi connectivity index (χ3v) is 4.14. The van der Waals surface area contributed by atoms with Crippen LogP contribution in [-0.4, -0.2) is 24.7 Å². The lowest BCUT2D eigenvalue weighted by atomic mass is 10.0. The van der Waals surface area contributed by atoms with Gasteiger partial charge in [0.25, 0.3) is 5.91 Å². The van der Waals surface area contributed by atoms with Crippen molar-refractivity contribution < 1.29 is 9.53 Å². The second-order valence-corrected chi connectivity index (χ2v) is 5.76. The second kappa shape index (κ2) is 6.75. The van der Waals surface area contributed by atoms with Crippen molar-refractivity contribution in [3.63, 3.8) is 0 Å². The van der Waals surface area contributed by atoms with Crippen LogP contribution < -0.4 is 5.32 Å². The van der Waals surface area contributed by atoms with E-state index in [9.17, 15) is 4.79 Å². The van der Waals surface area contributed by atoms with Crippen LogP contribution in [0, 0.1) is 0 Å². The monoisotopic (exact) mass is 295 g/mol. The lowest BCUT2D eigenvalue weighted by Crippen LogP contribution is -2.40. The first kappa shape index (κ1) is 14.8. The molecule has 1 saturated heterocycles. The number of hydrogen-bond donors (Lipinski definition) is 1. The molecule has 0 radical (unpaired) electrons. The van der Waals surface area contributed by atoms with E-state index >= 15 is 0 Å². The van der Waals surface area contributed by atoms with Crippen molar-refractivity contribution in [1.29, 1.82) is 0 Å². The fourth-order valence-corrected chi connectivity index (χ4v) is 2.82. The number of rotatable bonds is 4. The number of benzene rings is 2. The first-order chi connectivity index (χ1) is 10.7. The summed E-state index contributed by atoms with van der Waals surface area (Å²) in [6.07, 6.45) is 2.25. The summed E-state index contributed by atoms with van der Waals surface area (Å²) in [5.74, 6) is -0.0392. The minimum absolute atomic E-state index is 0.0392. The number of carbonyl (C=O) groups excluding carboxylic acids is 1. The minimum atomic E-state index is -0.0392. The van der Waals surface area contributed by atoms with Crippen molar-refractivity contribution in [2.45, 2.75) is 31.9 Å². The van der Waals surface area contributed by atoms with Crippen molar-refractivity contribution >= 4 is 5.91 Å². The molecule has 3 heteroatoms. The van der Waals surface area contributed by atoms with Gasteiger partial charge in [-0.15, -0.1) is 0 Å². The third-order valence-electron chi connectivity index (χ3n) is 4.14. The molecule has 0 bridgehead atoms. The van der Waals surface area contributed by atoms with Crippen LogP contribution in [0.3, 0.4) is 0 Å². The maximum absolute atomic E-state index is 12.3. The summed E-state index contributed by atoms with van der Waals surface area (Å²) >= 11 is 0. The van der Waals surface area contributed by atoms with E-state index in [0.29, 0.717) is 5.56 Å². The maximum Gasteiger partial charge on any atom is 0.251 e. The van der Waals surface area contributed by atoms with Gasteiger partial charge in [0.05, 0.1) is 12.1 Å². The summed E-state index contributed by atoms with van der Waals surface area (Å²) in [7, 11) is 0. The Labute approximate surface area is 131 Å². The first-order valence-corrected chi connectivity index (χ1v) is 7.82.